The number of fused-ring (bicyclic) bond motifs is 4. The van der Waals surface area contributed by atoms with Crippen LogP contribution >= 0.6 is 47.2 Å². The summed E-state index contributed by atoms with van der Waals surface area (Å²) < 4.78 is 44.9. The van der Waals surface area contributed by atoms with E-state index in [1.807, 2.05) is 108 Å². The molecular formula is C82H102Cl4N22O15S2. The van der Waals surface area contributed by atoms with Gasteiger partial charge in [0.05, 0.1) is 76.8 Å². The third-order valence-corrected chi connectivity index (χ3v) is 21.2. The molecule has 0 aromatic carbocycles. The Bertz CT molecular complexity index is 6080. The maximum absolute atomic E-state index is 12.5. The molecule has 3 aliphatic heterocycles. The monoisotopic (exact) mass is 1840 g/mol. The first kappa shape index (κ1) is 102. The summed E-state index contributed by atoms with van der Waals surface area (Å²) in [6, 6.07) is 14.6. The molecule has 12 N–H and O–H groups in total. The van der Waals surface area contributed by atoms with Crippen LogP contribution in [0, 0.1) is 34.6 Å². The molecule has 11 aromatic rings. The second-order valence-electron chi connectivity index (χ2n) is 30.9. The van der Waals surface area contributed by atoms with E-state index in [4.69, 9.17) is 70.4 Å². The Hall–Kier alpha value is -11.6. The first-order valence-corrected chi connectivity index (χ1v) is 42.0. The van der Waals surface area contributed by atoms with Gasteiger partial charge in [0.2, 0.25) is 28.9 Å². The van der Waals surface area contributed by atoms with Crippen molar-refractivity contribution in [1.29, 1.82) is 0 Å². The fourth-order valence-electron chi connectivity index (χ4n) is 11.3. The van der Waals surface area contributed by atoms with Crippen LogP contribution in [0.3, 0.4) is 0 Å². The highest BCUT2D eigenvalue weighted by atomic mass is 35.5. The van der Waals surface area contributed by atoms with Gasteiger partial charge in [0.1, 0.15) is 59.0 Å². The number of nitrogens with zero attached hydrogens (tertiary/aromatic N) is 13. The minimum atomic E-state index is -1.23. The first-order valence-electron chi connectivity index (χ1n) is 38.5. The maximum atomic E-state index is 12.5. The number of esters is 1. The number of rotatable bonds is 13. The van der Waals surface area contributed by atoms with E-state index in [2.05, 4.69) is 84.8 Å². The Morgan fingerprint density at radius 1 is 0.584 bits per heavy atom. The summed E-state index contributed by atoms with van der Waals surface area (Å²) in [6.07, 6.45) is 10.6. The number of hydrogen-bond acceptors (Lipinski definition) is 29. The lowest BCUT2D eigenvalue weighted by Crippen LogP contribution is -2.36. The number of carbonyl (C=O) groups excluding carboxylic acids is 5. The Morgan fingerprint density at radius 2 is 1.00 bits per heavy atom. The molecular weight excluding hydrogens is 1740 g/mol. The second-order valence-corrected chi connectivity index (χ2v) is 35.9. The number of aromatic amines is 4. The Balaban J connectivity index is 0.000000229. The van der Waals surface area contributed by atoms with E-state index in [-0.39, 0.29) is 109 Å². The van der Waals surface area contributed by atoms with Gasteiger partial charge >= 0.3 is 18.2 Å². The number of ether oxygens (including phenoxy) is 4. The predicted octanol–water partition coefficient (Wildman–Crippen LogP) is 12.7. The Kier molecular flexibility index (Phi) is 36.7. The molecule has 0 bridgehead atoms. The van der Waals surface area contributed by atoms with Crippen LogP contribution in [0.2, 0.25) is 15.3 Å². The number of aryl methyl sites for hydroxylation is 5. The van der Waals surface area contributed by atoms with Crippen LogP contribution in [0.25, 0.3) is 44.1 Å². The molecule has 125 heavy (non-hydrogen) atoms. The van der Waals surface area contributed by atoms with Crippen molar-refractivity contribution in [2.75, 3.05) is 34.1 Å². The van der Waals surface area contributed by atoms with Crippen LogP contribution in [-0.4, -0.2) is 154 Å². The zero-order valence-corrected chi connectivity index (χ0v) is 77.2. The van der Waals surface area contributed by atoms with Crippen molar-refractivity contribution in [2.45, 2.75) is 197 Å². The topological polar surface area (TPSA) is 538 Å². The van der Waals surface area contributed by atoms with Crippen LogP contribution < -0.4 is 58.7 Å². The lowest BCUT2D eigenvalue weighted by Gasteiger charge is -2.29. The van der Waals surface area contributed by atoms with Crippen molar-refractivity contribution in [3.8, 4) is 0 Å². The number of nitrogens with two attached hydrogens (primary N) is 3. The number of pyridine rings is 9. The molecule has 11 aromatic heterocycles. The van der Waals surface area contributed by atoms with Crippen molar-refractivity contribution in [2.24, 2.45) is 10.9 Å². The van der Waals surface area contributed by atoms with Gasteiger partial charge in [-0.3, -0.25) is 33.9 Å². The minimum Gasteiger partial charge on any atom is -0.457 e. The third kappa shape index (κ3) is 29.5. The minimum absolute atomic E-state index is 0. The van der Waals surface area contributed by atoms with E-state index in [9.17, 15) is 51.6 Å². The molecule has 0 saturated carbocycles. The van der Waals surface area contributed by atoms with Gasteiger partial charge in [-0.25, -0.2) is 67.2 Å². The maximum Gasteiger partial charge on any atom is 0.417 e. The van der Waals surface area contributed by atoms with Gasteiger partial charge in [-0.15, -0.1) is 12.4 Å². The lowest BCUT2D eigenvalue weighted by molar-refractivity contribution is -0.204. The van der Waals surface area contributed by atoms with Gasteiger partial charge in [-0.05, 0) is 207 Å². The van der Waals surface area contributed by atoms with Crippen molar-refractivity contribution >= 4 is 167 Å². The number of aromatic nitrogens is 15. The molecule has 14 heterocycles. The van der Waals surface area contributed by atoms with Crippen molar-refractivity contribution in [1.82, 2.24) is 79.5 Å². The number of hydrogen-bond donors (Lipinski definition) is 9. The van der Waals surface area contributed by atoms with Crippen LogP contribution in [-0.2, 0) is 45.7 Å². The Labute approximate surface area is 745 Å². The molecule has 3 aliphatic rings. The van der Waals surface area contributed by atoms with E-state index < -0.39 is 46.0 Å². The summed E-state index contributed by atoms with van der Waals surface area (Å²) >= 11 is 17.5. The highest BCUT2D eigenvalue weighted by Crippen LogP contribution is 2.28. The van der Waals surface area contributed by atoms with Crippen molar-refractivity contribution in [3.05, 3.63) is 210 Å². The van der Waals surface area contributed by atoms with Crippen LogP contribution in [0.1, 0.15) is 201 Å². The van der Waals surface area contributed by atoms with Crippen molar-refractivity contribution < 1.29 is 51.3 Å². The largest absolute Gasteiger partial charge is 0.457 e. The van der Waals surface area contributed by atoms with E-state index in [1.54, 1.807) is 96.5 Å². The molecule has 2 saturated heterocycles. The summed E-state index contributed by atoms with van der Waals surface area (Å²) in [6.45, 7) is 36.8. The van der Waals surface area contributed by atoms with Crippen LogP contribution in [0.15, 0.2) is 117 Å². The fourth-order valence-corrected chi connectivity index (χ4v) is 12.6. The van der Waals surface area contributed by atoms with Crippen molar-refractivity contribution in [3.63, 3.8) is 0 Å². The molecule has 0 radical (unpaired) electrons. The summed E-state index contributed by atoms with van der Waals surface area (Å²) in [5.41, 5.74) is 17.2. The van der Waals surface area contributed by atoms with Gasteiger partial charge in [0.15, 0.2) is 12.1 Å². The molecule has 37 nitrogen and oxygen atoms in total. The smallest absolute Gasteiger partial charge is 0.417 e. The average molecular weight is 1840 g/mol. The Morgan fingerprint density at radius 3 is 1.42 bits per heavy atom. The van der Waals surface area contributed by atoms with E-state index >= 15 is 0 Å². The molecule has 43 heteroatoms. The molecule has 2 amide bonds. The molecule has 0 spiro atoms. The average Bonchev–Trinajstić information content (AvgIpc) is 1.81. The van der Waals surface area contributed by atoms with E-state index in [0.717, 1.165) is 39.3 Å². The summed E-state index contributed by atoms with van der Waals surface area (Å²) in [5.74, 6) is 1.16. The number of nitrogens with one attached hydrogen (secondary N) is 6. The summed E-state index contributed by atoms with van der Waals surface area (Å²) in [4.78, 5) is 162. The molecule has 7 atom stereocenters. The summed E-state index contributed by atoms with van der Waals surface area (Å²) in [5, 5.41) is 12.4. The number of amides is 2. The number of carbonyl (C=O) groups is 5. The van der Waals surface area contributed by atoms with Gasteiger partial charge < -0.3 is 55.7 Å². The zero-order valence-electron chi connectivity index (χ0n) is 72.5. The van der Waals surface area contributed by atoms with Crippen LogP contribution in [0.5, 0.6) is 0 Å². The molecule has 14 rings (SSSR count). The predicted molar refractivity (Wildman–Crippen MR) is 486 cm³/mol. The number of Topliss-reactive ketones (excluding diaryl/α,β-unsaturated/α-hetero) is 1. The molecule has 1 unspecified atom stereocenters. The number of nitrogen functional groups attached to an aromatic ring is 1. The highest BCUT2D eigenvalue weighted by Gasteiger charge is 2.37. The van der Waals surface area contributed by atoms with Gasteiger partial charge in [-0.1, -0.05) is 37.0 Å². The number of allylic oxidation sites excluding steroid dienone is 1. The van der Waals surface area contributed by atoms with Gasteiger partial charge in [-0.2, -0.15) is 24.9 Å². The highest BCUT2D eigenvalue weighted by molar-refractivity contribution is 7.84. The zero-order chi connectivity index (χ0) is 92.3. The standard InChI is InChI=1S/C19H20ClN7O3.C15H21N3O2S.C11H10N2O2.C10H10ClN3O.C9H11ClN4O2.C7H8N2O.C7H10O3.C4H11NOS.ClH/c1-4-13-8-30-19(29)27(13)18-24-10(3)23-17(26-18)22-9(2)14-6-11-5-12(20)7-21-15(11)25-16(14)28;1-9-6-11-7-12(14(19)17-13(11)16-8-9)10(2)18-21(20)15(3,4)5;1-6-3-8-4-9(7(2)14)11(15)13-10(8)12-5-6;1-5(12)8-3-6-2-7(11)4-13-9(6)14-10(8)15;1-3-6-4-16-9(15)14(6)8-12-5(2)11-7(10)13-8;1-5-2-6(4-10)7(8)9-3-5;1-5-4-6(8)10-7(2,3)9-5;1-4(2,3)7(5)6;/h5-7,9,13H,4,8H2,1-3H3,(H,21,25,28)(H,22,23,24,26);6-8,10,18H,1-5H3,(H,16,17,19);3-5H,1-2H3,(H,12,13,15);2-5H,12H2,1H3,(H,13,14,15);6H,3-4H2,1-2H3;2-4H,1H3,(H2,8,9);4H,1-3H3;5H2,1-3H3;1H/t9-,13-;10?,21-;;5-;6-;;;7-;/m00.00..0./s1. The normalized spacial score (nSPS) is 15.6. The molecule has 2 fully saturated rings. The SMILES string of the molecule is CC(=O)c1cc2cc(C)cnc2[nH]c1=O.CC(C)(C)[S@@](N)=O.CC1=CC(=O)OC(C)(C)O1.CC[C@H]1COC(=O)N1c1nc(C)nc(Cl)n1.CC[C@H]1COC(=O)N1c1nc(C)nc(N[C@@H](C)c2cc3cc(Cl)cnc3[nH]c2=O)n1.C[C@H](N)c1cc2cc(Cl)cnc2[nH]c1=O.Cc1cnc(N)c(C=O)c1.Cc1cnc2[nH]c(=O)c(C(C)N[S@@](=O)C(C)(C)C)cc2c1.Cl. The quantitative estimate of drug-likeness (QED) is 0.0224. The number of halogens is 4. The number of anilines is 4. The molecule has 0 aliphatic carbocycles. The lowest BCUT2D eigenvalue weighted by atomic mass is 10.1. The van der Waals surface area contributed by atoms with Crippen LogP contribution in [0.4, 0.5) is 33.3 Å². The fraction of sp³-hybridized carbons (Fsp3) is 0.390. The number of aldehydes is 1. The first-order chi connectivity index (χ1) is 58.0. The number of ketones is 1. The van der Waals surface area contributed by atoms with Gasteiger partial charge in [0, 0.05) is 95.2 Å². The number of H-pyrrole nitrogens is 4. The van der Waals surface area contributed by atoms with E-state index in [1.165, 1.54) is 35.2 Å². The van der Waals surface area contributed by atoms with Gasteiger partial charge in [0.25, 0.3) is 22.2 Å². The second kappa shape index (κ2) is 44.9. The summed E-state index contributed by atoms with van der Waals surface area (Å²) in [7, 11) is -2.42. The third-order valence-electron chi connectivity index (χ3n) is 17.7. The molecule has 670 valence electrons. The van der Waals surface area contributed by atoms with E-state index in [0.29, 0.717) is 109 Å². The number of cyclic esters (lactones) is 3.